The van der Waals surface area contributed by atoms with E-state index >= 15 is 0 Å². The van der Waals surface area contributed by atoms with E-state index in [-0.39, 0.29) is 56.6 Å². The quantitative estimate of drug-likeness (QED) is 0.353. The molecule has 0 spiro atoms. The molecule has 5 N–H and O–H groups in total. The van der Waals surface area contributed by atoms with Crippen LogP contribution in [0.1, 0.15) is 19.5 Å². The third-order valence-electron chi connectivity index (χ3n) is 2.71. The number of nitrogens with two attached hydrogens (primary N) is 2. The van der Waals surface area contributed by atoms with Crippen LogP contribution in [-0.2, 0) is 37.1 Å². The van der Waals surface area contributed by atoms with Gasteiger partial charge in [-0.25, -0.2) is 0 Å². The van der Waals surface area contributed by atoms with Crippen molar-refractivity contribution in [2.75, 3.05) is 19.8 Å². The summed E-state index contributed by atoms with van der Waals surface area (Å²) < 4.78 is 5.66. The van der Waals surface area contributed by atoms with Crippen molar-refractivity contribution in [2.24, 2.45) is 5.73 Å². The summed E-state index contributed by atoms with van der Waals surface area (Å²) in [5.41, 5.74) is 11.1. The summed E-state index contributed by atoms with van der Waals surface area (Å²) in [5.74, 6) is 0.924. The van der Waals surface area contributed by atoms with Gasteiger partial charge < -0.3 is 33.7 Å². The van der Waals surface area contributed by atoms with E-state index in [1.54, 1.807) is 37.5 Å². The van der Waals surface area contributed by atoms with Crippen molar-refractivity contribution >= 4 is 40.6 Å². The Kier molecular flexibility index (Phi) is 19.0. The number of ketones is 1. The predicted octanol–water partition coefficient (Wildman–Crippen LogP) is 3.67. The number of nitrogens with one attached hydrogen (secondary N) is 1. The second-order valence-corrected chi connectivity index (χ2v) is 5.88. The maximum Gasteiger partial charge on any atom is 0.225 e. The van der Waals surface area contributed by atoms with Crippen LogP contribution in [0.3, 0.4) is 0 Å². The number of nitrogen functional groups attached to an aromatic ring is 1. The maximum absolute atomic E-state index is 11.3. The van der Waals surface area contributed by atoms with E-state index in [9.17, 15) is 9.59 Å². The Hall–Kier alpha value is -1.66. The second-order valence-electron chi connectivity index (χ2n) is 5.12. The van der Waals surface area contributed by atoms with Gasteiger partial charge in [-0.1, -0.05) is 23.2 Å². The summed E-state index contributed by atoms with van der Waals surface area (Å²) in [4.78, 5) is 24.9. The first-order valence-corrected chi connectivity index (χ1v) is 8.62. The predicted molar refractivity (Wildman–Crippen MR) is 116 cm³/mol. The molecule has 2 aromatic rings. The molecule has 7 nitrogen and oxygen atoms in total. The fourth-order valence-corrected chi connectivity index (χ4v) is 1.99. The minimum Gasteiger partial charge on any atom is -0.456 e. The number of Topliss-reactive ketones (excluding diaryl/α,β-unsaturated/α-hetero) is 1. The SMILES string of the molecule is CC(C)=O.CN.CNC(=O)Cc1cc(Oc2ccc(N)c(Cl)c2Cl)ccn1.[CH3-].[Pt]. The van der Waals surface area contributed by atoms with Crippen molar-refractivity contribution in [3.8, 4) is 11.5 Å². The number of aromatic nitrogens is 1. The standard InChI is InChI=1S/C14H13Cl2N3O2.C3H6O.CH5N.CH3.Pt/c1-18-12(20)7-8-6-9(4-5-19-8)21-11-3-2-10(17)13(15)14(11)16;1-3(2)4;1-2;;/h2-6H,7,17H2,1H3,(H,18,20);1-2H3;2H2,1H3;1H3;/q;;;-1;. The average molecular weight is 625 g/mol. The van der Waals surface area contributed by atoms with Gasteiger partial charge in [0, 0.05) is 40.4 Å². The summed E-state index contributed by atoms with van der Waals surface area (Å²) in [6.45, 7) is 3.06. The van der Waals surface area contributed by atoms with Crippen molar-refractivity contribution in [3.63, 3.8) is 0 Å². The third-order valence-corrected chi connectivity index (χ3v) is 3.59. The summed E-state index contributed by atoms with van der Waals surface area (Å²) >= 11 is 12.0. The molecule has 0 bridgehead atoms. The van der Waals surface area contributed by atoms with Crippen LogP contribution < -0.4 is 21.5 Å². The molecule has 1 aromatic heterocycles. The van der Waals surface area contributed by atoms with Crippen molar-refractivity contribution < 1.29 is 35.4 Å². The van der Waals surface area contributed by atoms with E-state index in [4.69, 9.17) is 33.7 Å². The first-order valence-electron chi connectivity index (χ1n) is 7.86. The Morgan fingerprint density at radius 3 is 2.21 bits per heavy atom. The van der Waals surface area contributed by atoms with Crippen molar-refractivity contribution in [2.45, 2.75) is 20.3 Å². The second kappa shape index (κ2) is 17.2. The molecule has 0 unspecified atom stereocenters. The van der Waals surface area contributed by atoms with Crippen molar-refractivity contribution in [1.82, 2.24) is 10.3 Å². The number of ether oxygens (including phenoxy) is 1. The maximum atomic E-state index is 11.3. The van der Waals surface area contributed by atoms with Crippen LogP contribution in [0.15, 0.2) is 30.5 Å². The van der Waals surface area contributed by atoms with Crippen LogP contribution in [0.25, 0.3) is 0 Å². The Morgan fingerprint density at radius 1 is 1.14 bits per heavy atom. The minimum absolute atomic E-state index is 0. The first kappa shape index (κ1) is 32.0. The number of likely N-dealkylation sites (N-methyl/N-ethyl adjacent to an activating group) is 1. The van der Waals surface area contributed by atoms with Gasteiger partial charge in [0.25, 0.3) is 0 Å². The van der Waals surface area contributed by atoms with Gasteiger partial charge in [0.1, 0.15) is 22.3 Å². The topological polar surface area (TPSA) is 120 Å². The largest absolute Gasteiger partial charge is 0.456 e. The smallest absolute Gasteiger partial charge is 0.225 e. The van der Waals surface area contributed by atoms with Gasteiger partial charge in [-0.3, -0.25) is 9.78 Å². The number of carbonyl (C=O) groups is 2. The molecular weight excluding hydrogens is 598 g/mol. The number of halogens is 2. The number of hydrogen-bond acceptors (Lipinski definition) is 6. The molecule has 10 heteroatoms. The molecular formula is C19H27Cl2N4O3Pt-. The van der Waals surface area contributed by atoms with Gasteiger partial charge in [-0.05, 0) is 39.1 Å². The van der Waals surface area contributed by atoms with E-state index in [0.717, 1.165) is 0 Å². The van der Waals surface area contributed by atoms with E-state index in [1.165, 1.54) is 20.9 Å². The molecule has 0 aliphatic rings. The van der Waals surface area contributed by atoms with Crippen LogP contribution in [0, 0.1) is 7.43 Å². The molecule has 0 saturated carbocycles. The van der Waals surface area contributed by atoms with Gasteiger partial charge in [0.2, 0.25) is 5.91 Å². The van der Waals surface area contributed by atoms with Crippen LogP contribution in [0.5, 0.6) is 11.5 Å². The molecule has 1 heterocycles. The fraction of sp³-hybridized carbons (Fsp3) is 0.263. The van der Waals surface area contributed by atoms with Gasteiger partial charge in [-0.2, -0.15) is 0 Å². The van der Waals surface area contributed by atoms with Crippen LogP contribution in [-0.4, -0.2) is 30.8 Å². The minimum atomic E-state index is -0.131. The zero-order chi connectivity index (χ0) is 21.0. The number of nitrogens with zero attached hydrogens (tertiary/aromatic N) is 1. The Labute approximate surface area is 196 Å². The number of hydrogen-bond donors (Lipinski definition) is 3. The van der Waals surface area contributed by atoms with Gasteiger partial charge in [-0.15, -0.1) is 0 Å². The summed E-state index contributed by atoms with van der Waals surface area (Å²) in [6, 6.07) is 6.56. The number of anilines is 1. The molecule has 29 heavy (non-hydrogen) atoms. The molecule has 0 aliphatic heterocycles. The van der Waals surface area contributed by atoms with E-state index in [2.05, 4.69) is 16.0 Å². The van der Waals surface area contributed by atoms with E-state index in [0.29, 0.717) is 22.9 Å². The third kappa shape index (κ3) is 12.5. The Morgan fingerprint density at radius 2 is 1.69 bits per heavy atom. The van der Waals surface area contributed by atoms with E-state index < -0.39 is 0 Å². The molecule has 0 atom stereocenters. The van der Waals surface area contributed by atoms with E-state index in [1.807, 2.05) is 0 Å². The molecule has 0 fully saturated rings. The Balaban J connectivity index is -0.000000756. The number of benzene rings is 1. The number of carbonyl (C=O) groups excluding carboxylic acids is 2. The molecule has 0 radical (unpaired) electrons. The van der Waals surface area contributed by atoms with Crippen LogP contribution >= 0.6 is 23.2 Å². The van der Waals surface area contributed by atoms with Crippen LogP contribution in [0.4, 0.5) is 5.69 Å². The fourth-order valence-electron chi connectivity index (χ4n) is 1.62. The van der Waals surface area contributed by atoms with Crippen LogP contribution in [0.2, 0.25) is 10.0 Å². The number of pyridine rings is 1. The van der Waals surface area contributed by atoms with Gasteiger partial charge in [0.15, 0.2) is 0 Å². The van der Waals surface area contributed by atoms with Gasteiger partial charge >= 0.3 is 0 Å². The zero-order valence-corrected chi connectivity index (χ0v) is 20.8. The molecule has 2 rings (SSSR count). The van der Waals surface area contributed by atoms with Gasteiger partial charge in [0.05, 0.1) is 22.8 Å². The molecule has 1 amide bonds. The number of rotatable bonds is 4. The zero-order valence-electron chi connectivity index (χ0n) is 17.0. The summed E-state index contributed by atoms with van der Waals surface area (Å²) in [6.07, 6.45) is 1.73. The molecule has 0 saturated heterocycles. The summed E-state index contributed by atoms with van der Waals surface area (Å²) in [5, 5.41) is 3.01. The monoisotopic (exact) mass is 624 g/mol. The average Bonchev–Trinajstić information content (AvgIpc) is 2.63. The Bertz CT molecular complexity index is 773. The van der Waals surface area contributed by atoms with Crippen molar-refractivity contribution in [3.05, 3.63) is 53.6 Å². The first-order chi connectivity index (χ1) is 12.7. The molecule has 166 valence electrons. The molecule has 1 aromatic carbocycles. The van der Waals surface area contributed by atoms with Crippen molar-refractivity contribution in [1.29, 1.82) is 0 Å². The normalized spacial score (nSPS) is 8.52. The number of amides is 1. The summed E-state index contributed by atoms with van der Waals surface area (Å²) in [7, 11) is 3.07. The molecule has 0 aliphatic carbocycles.